The fourth-order valence-electron chi connectivity index (χ4n) is 1.95. The molecule has 0 spiro atoms. The molecule has 0 aliphatic rings. The molecule has 2 aromatic carbocycles. The molecule has 0 fully saturated rings. The van der Waals surface area contributed by atoms with Gasteiger partial charge in [0.15, 0.2) is 5.96 Å². The lowest BCUT2D eigenvalue weighted by atomic mass is 10.1. The Bertz CT molecular complexity index is 684. The van der Waals surface area contributed by atoms with E-state index in [-0.39, 0.29) is 0 Å². The van der Waals surface area contributed by atoms with Crippen LogP contribution in [0.25, 0.3) is 0 Å². The maximum Gasteiger partial charge on any atom is 0.193 e. The number of nitrogens with two attached hydrogens (primary N) is 1. The van der Waals surface area contributed by atoms with Gasteiger partial charge in [-0.1, -0.05) is 24.3 Å². The minimum Gasteiger partial charge on any atom is -0.370 e. The summed E-state index contributed by atoms with van der Waals surface area (Å²) in [6.07, 6.45) is 0. The number of benzene rings is 2. The van der Waals surface area contributed by atoms with E-state index in [0.29, 0.717) is 18.3 Å². The van der Waals surface area contributed by atoms with Gasteiger partial charge in [0.05, 0.1) is 17.3 Å². The summed E-state index contributed by atoms with van der Waals surface area (Å²) in [5, 5.41) is 3.05. The Morgan fingerprint density at radius 1 is 1.14 bits per heavy atom. The van der Waals surface area contributed by atoms with Crippen molar-refractivity contribution in [3.63, 3.8) is 0 Å². The molecule has 116 valence electrons. The summed E-state index contributed by atoms with van der Waals surface area (Å²) in [4.78, 5) is 5.05. The Labute approximate surface area is 133 Å². The van der Waals surface area contributed by atoms with E-state index < -0.39 is 10.8 Å². The van der Waals surface area contributed by atoms with Crippen molar-refractivity contribution >= 4 is 22.4 Å². The molecule has 0 bridgehead atoms. The maximum atomic E-state index is 12.0. The highest BCUT2D eigenvalue weighted by molar-refractivity contribution is 7.85. The lowest BCUT2D eigenvalue weighted by Crippen LogP contribution is -2.23. The zero-order valence-corrected chi connectivity index (χ0v) is 13.7. The van der Waals surface area contributed by atoms with Crippen molar-refractivity contribution in [2.75, 3.05) is 17.6 Å². The van der Waals surface area contributed by atoms with E-state index in [2.05, 4.69) is 24.2 Å². The number of aryl methyl sites for hydroxylation is 2. The summed E-state index contributed by atoms with van der Waals surface area (Å²) in [6, 6.07) is 15.4. The fraction of sp³-hybridized carbons (Fsp3) is 0.235. The molecule has 1 unspecified atom stereocenters. The second-order valence-electron chi connectivity index (χ2n) is 5.05. The van der Waals surface area contributed by atoms with Crippen molar-refractivity contribution in [1.82, 2.24) is 0 Å². The number of hydrogen-bond acceptors (Lipinski definition) is 2. The van der Waals surface area contributed by atoms with Gasteiger partial charge in [-0.2, -0.15) is 0 Å². The topological polar surface area (TPSA) is 67.5 Å². The number of anilines is 1. The van der Waals surface area contributed by atoms with Gasteiger partial charge in [-0.05, 0) is 49.2 Å². The molecule has 22 heavy (non-hydrogen) atoms. The van der Waals surface area contributed by atoms with Gasteiger partial charge in [0.25, 0.3) is 0 Å². The van der Waals surface area contributed by atoms with Gasteiger partial charge >= 0.3 is 0 Å². The molecule has 0 saturated heterocycles. The Morgan fingerprint density at radius 3 is 2.55 bits per heavy atom. The van der Waals surface area contributed by atoms with Crippen LogP contribution in [0.1, 0.15) is 11.1 Å². The SMILES string of the molecule is Cc1ccc(NC(N)=NCCS(=O)c2ccccc2)cc1C. The molecule has 4 nitrogen and oxygen atoms in total. The first-order valence-electron chi connectivity index (χ1n) is 7.14. The average molecular weight is 315 g/mol. The normalized spacial score (nSPS) is 12.9. The highest BCUT2D eigenvalue weighted by Gasteiger charge is 2.02. The zero-order chi connectivity index (χ0) is 15.9. The molecule has 0 saturated carbocycles. The van der Waals surface area contributed by atoms with Crippen molar-refractivity contribution in [3.8, 4) is 0 Å². The predicted molar refractivity (Wildman–Crippen MR) is 93.7 cm³/mol. The predicted octanol–water partition coefficient (Wildman–Crippen LogP) is 2.84. The molecule has 1 atom stereocenters. The number of nitrogens with zero attached hydrogens (tertiary/aromatic N) is 1. The number of rotatable bonds is 5. The molecule has 0 heterocycles. The number of nitrogens with one attached hydrogen (secondary N) is 1. The van der Waals surface area contributed by atoms with Gasteiger partial charge < -0.3 is 11.1 Å². The first-order valence-corrected chi connectivity index (χ1v) is 8.46. The van der Waals surface area contributed by atoms with E-state index in [1.165, 1.54) is 11.1 Å². The van der Waals surface area contributed by atoms with E-state index in [1.54, 1.807) is 0 Å². The summed E-state index contributed by atoms with van der Waals surface area (Å²) >= 11 is 0. The number of aliphatic imine (C=N–C) groups is 1. The van der Waals surface area contributed by atoms with E-state index in [9.17, 15) is 4.21 Å². The monoisotopic (exact) mass is 315 g/mol. The van der Waals surface area contributed by atoms with E-state index in [4.69, 9.17) is 5.73 Å². The smallest absolute Gasteiger partial charge is 0.193 e. The summed E-state index contributed by atoms with van der Waals surface area (Å²) in [6.45, 7) is 4.54. The van der Waals surface area contributed by atoms with Crippen molar-refractivity contribution in [3.05, 3.63) is 59.7 Å². The van der Waals surface area contributed by atoms with Gasteiger partial charge in [0, 0.05) is 16.3 Å². The second kappa shape index (κ2) is 7.75. The Balaban J connectivity index is 1.87. The molecule has 0 radical (unpaired) electrons. The Hall–Kier alpha value is -2.14. The minimum absolute atomic E-state index is 0.341. The second-order valence-corrected chi connectivity index (χ2v) is 6.62. The standard InChI is InChI=1S/C17H21N3OS/c1-13-8-9-15(12-14(13)2)20-17(18)19-10-11-22(21)16-6-4-3-5-7-16/h3-9,12H,10-11H2,1-2H3,(H3,18,19,20). The molecular weight excluding hydrogens is 294 g/mol. The van der Waals surface area contributed by atoms with Gasteiger partial charge in [0.2, 0.25) is 0 Å². The third-order valence-electron chi connectivity index (χ3n) is 3.34. The zero-order valence-electron chi connectivity index (χ0n) is 12.9. The molecule has 0 aliphatic carbocycles. The molecule has 0 aliphatic heterocycles. The van der Waals surface area contributed by atoms with E-state index in [0.717, 1.165) is 10.6 Å². The lowest BCUT2D eigenvalue weighted by Gasteiger charge is -2.08. The number of hydrogen-bond donors (Lipinski definition) is 2. The average Bonchev–Trinajstić information content (AvgIpc) is 2.51. The van der Waals surface area contributed by atoms with Gasteiger partial charge in [-0.25, -0.2) is 0 Å². The Morgan fingerprint density at radius 2 is 1.86 bits per heavy atom. The van der Waals surface area contributed by atoms with Crippen LogP contribution in [0.2, 0.25) is 0 Å². The molecule has 3 N–H and O–H groups in total. The maximum absolute atomic E-state index is 12.0. The Kier molecular flexibility index (Phi) is 5.72. The summed E-state index contributed by atoms with van der Waals surface area (Å²) < 4.78 is 12.0. The summed E-state index contributed by atoms with van der Waals surface area (Å²) in [5.41, 5.74) is 9.20. The minimum atomic E-state index is -1.04. The number of guanidine groups is 1. The third kappa shape index (κ3) is 4.70. The van der Waals surface area contributed by atoms with Gasteiger partial charge in [-0.15, -0.1) is 0 Å². The highest BCUT2D eigenvalue weighted by atomic mass is 32.2. The molecule has 2 aromatic rings. The van der Waals surface area contributed by atoms with Gasteiger partial charge in [0.1, 0.15) is 0 Å². The molecule has 0 aromatic heterocycles. The van der Waals surface area contributed by atoms with Crippen LogP contribution in [0.5, 0.6) is 0 Å². The summed E-state index contributed by atoms with van der Waals surface area (Å²) in [5.74, 6) is 0.799. The van der Waals surface area contributed by atoms with Crippen LogP contribution in [0, 0.1) is 13.8 Å². The van der Waals surface area contributed by atoms with E-state index >= 15 is 0 Å². The first kappa shape index (κ1) is 16.2. The van der Waals surface area contributed by atoms with Crippen molar-refractivity contribution in [2.24, 2.45) is 10.7 Å². The van der Waals surface area contributed by atoms with Gasteiger partial charge in [-0.3, -0.25) is 9.20 Å². The molecule has 2 rings (SSSR count). The molecular formula is C17H21N3OS. The third-order valence-corrected chi connectivity index (χ3v) is 4.70. The fourth-order valence-corrected chi connectivity index (χ4v) is 2.90. The molecule has 0 amide bonds. The van der Waals surface area contributed by atoms with Crippen LogP contribution in [0.4, 0.5) is 5.69 Å². The van der Waals surface area contributed by atoms with Crippen LogP contribution in [0.3, 0.4) is 0 Å². The van der Waals surface area contributed by atoms with Crippen molar-refractivity contribution in [1.29, 1.82) is 0 Å². The lowest BCUT2D eigenvalue weighted by molar-refractivity contribution is 0.683. The van der Waals surface area contributed by atoms with Crippen molar-refractivity contribution in [2.45, 2.75) is 18.7 Å². The van der Waals surface area contributed by atoms with Crippen LogP contribution >= 0.6 is 0 Å². The highest BCUT2D eigenvalue weighted by Crippen LogP contribution is 2.13. The van der Waals surface area contributed by atoms with E-state index in [1.807, 2.05) is 48.5 Å². The largest absolute Gasteiger partial charge is 0.370 e. The first-order chi connectivity index (χ1) is 10.6. The van der Waals surface area contributed by atoms with Crippen LogP contribution in [-0.2, 0) is 10.8 Å². The quantitative estimate of drug-likeness (QED) is 0.658. The molecule has 5 heteroatoms. The summed E-state index contributed by atoms with van der Waals surface area (Å²) in [7, 11) is -1.04. The van der Waals surface area contributed by atoms with Crippen molar-refractivity contribution < 1.29 is 4.21 Å². The van der Waals surface area contributed by atoms with Crippen LogP contribution in [0.15, 0.2) is 58.4 Å². The van der Waals surface area contributed by atoms with Crippen LogP contribution in [-0.4, -0.2) is 22.5 Å². The van der Waals surface area contributed by atoms with Crippen LogP contribution < -0.4 is 11.1 Å².